The van der Waals surface area contributed by atoms with Gasteiger partial charge in [0.05, 0.1) is 12.5 Å². The Balaban J connectivity index is 1.69. The smallest absolute Gasteiger partial charge is 0.344 e. The standard InChI is InChI=1S/C21H22N2O3/c1-22-9-11-23(12-10-22)17-6-3-16-13-20(26-21(24)19(16)14-17)15-4-7-18(25-2)8-5-15/h3-8,13-14H,9-12H2,1-2H3. The minimum Gasteiger partial charge on any atom is -0.497 e. The minimum atomic E-state index is -0.302. The summed E-state index contributed by atoms with van der Waals surface area (Å²) in [6.45, 7) is 4.00. The normalized spacial score (nSPS) is 15.4. The lowest BCUT2D eigenvalue weighted by atomic mass is 10.1. The molecule has 1 aliphatic rings. The average molecular weight is 350 g/mol. The summed E-state index contributed by atoms with van der Waals surface area (Å²) < 4.78 is 10.8. The van der Waals surface area contributed by atoms with Gasteiger partial charge in [0.25, 0.3) is 0 Å². The molecule has 5 heteroatoms. The Labute approximate surface area is 152 Å². The van der Waals surface area contributed by atoms with Crippen LogP contribution in [-0.4, -0.2) is 45.2 Å². The second kappa shape index (κ2) is 6.84. The molecule has 0 saturated carbocycles. The van der Waals surface area contributed by atoms with Crippen molar-refractivity contribution in [3.63, 3.8) is 0 Å². The van der Waals surface area contributed by atoms with E-state index in [1.807, 2.05) is 42.5 Å². The van der Waals surface area contributed by atoms with Crippen LogP contribution in [0.25, 0.3) is 22.1 Å². The predicted molar refractivity (Wildman–Crippen MR) is 104 cm³/mol. The number of fused-ring (bicyclic) bond motifs is 1. The summed E-state index contributed by atoms with van der Waals surface area (Å²) in [6.07, 6.45) is 0. The van der Waals surface area contributed by atoms with Gasteiger partial charge in [-0.25, -0.2) is 4.79 Å². The number of ether oxygens (including phenoxy) is 1. The highest BCUT2D eigenvalue weighted by atomic mass is 16.5. The van der Waals surface area contributed by atoms with Crippen LogP contribution in [0, 0.1) is 0 Å². The highest BCUT2D eigenvalue weighted by Crippen LogP contribution is 2.27. The highest BCUT2D eigenvalue weighted by Gasteiger charge is 2.15. The van der Waals surface area contributed by atoms with Gasteiger partial charge in [0, 0.05) is 37.4 Å². The summed E-state index contributed by atoms with van der Waals surface area (Å²) in [5, 5.41) is 1.52. The summed E-state index contributed by atoms with van der Waals surface area (Å²) in [6, 6.07) is 15.5. The largest absolute Gasteiger partial charge is 0.497 e. The molecule has 0 aliphatic carbocycles. The molecule has 0 radical (unpaired) electrons. The van der Waals surface area contributed by atoms with E-state index in [-0.39, 0.29) is 5.63 Å². The van der Waals surface area contributed by atoms with E-state index in [1.165, 1.54) is 0 Å². The molecular formula is C21H22N2O3. The molecule has 2 heterocycles. The van der Waals surface area contributed by atoms with Gasteiger partial charge in [0.2, 0.25) is 0 Å². The second-order valence-electron chi connectivity index (χ2n) is 6.69. The van der Waals surface area contributed by atoms with Crippen LogP contribution in [0.3, 0.4) is 0 Å². The number of hydrogen-bond donors (Lipinski definition) is 0. The van der Waals surface area contributed by atoms with E-state index in [0.717, 1.165) is 48.6 Å². The van der Waals surface area contributed by atoms with E-state index < -0.39 is 0 Å². The monoisotopic (exact) mass is 350 g/mol. The Morgan fingerprint density at radius 1 is 0.962 bits per heavy atom. The van der Waals surface area contributed by atoms with Crippen molar-refractivity contribution in [1.82, 2.24) is 4.90 Å². The van der Waals surface area contributed by atoms with E-state index in [1.54, 1.807) is 7.11 Å². The number of rotatable bonds is 3. The van der Waals surface area contributed by atoms with E-state index in [9.17, 15) is 4.79 Å². The van der Waals surface area contributed by atoms with Crippen molar-refractivity contribution < 1.29 is 9.15 Å². The first-order valence-corrected chi connectivity index (χ1v) is 8.80. The van der Waals surface area contributed by atoms with Crippen LogP contribution in [0.2, 0.25) is 0 Å². The third-order valence-electron chi connectivity index (χ3n) is 4.99. The van der Waals surface area contributed by atoms with Crippen LogP contribution in [0.5, 0.6) is 5.75 Å². The Morgan fingerprint density at radius 3 is 2.38 bits per heavy atom. The molecule has 134 valence electrons. The van der Waals surface area contributed by atoms with Crippen molar-refractivity contribution in [3.05, 3.63) is 59.0 Å². The van der Waals surface area contributed by atoms with Crippen molar-refractivity contribution in [2.75, 3.05) is 45.2 Å². The van der Waals surface area contributed by atoms with Gasteiger partial charge in [-0.05, 0) is 54.9 Å². The zero-order valence-electron chi connectivity index (χ0n) is 15.1. The van der Waals surface area contributed by atoms with Gasteiger partial charge >= 0.3 is 5.63 Å². The van der Waals surface area contributed by atoms with E-state index >= 15 is 0 Å². The topological polar surface area (TPSA) is 45.9 Å². The number of anilines is 1. The summed E-state index contributed by atoms with van der Waals surface area (Å²) in [5.74, 6) is 1.34. The average Bonchev–Trinajstić information content (AvgIpc) is 2.68. The molecule has 1 fully saturated rings. The lowest BCUT2D eigenvalue weighted by Crippen LogP contribution is -2.44. The summed E-state index contributed by atoms with van der Waals surface area (Å²) >= 11 is 0. The van der Waals surface area contributed by atoms with Gasteiger partial charge in [-0.1, -0.05) is 6.07 Å². The molecule has 26 heavy (non-hydrogen) atoms. The maximum atomic E-state index is 12.6. The first-order chi connectivity index (χ1) is 12.6. The van der Waals surface area contributed by atoms with E-state index in [4.69, 9.17) is 9.15 Å². The van der Waals surface area contributed by atoms with E-state index in [2.05, 4.69) is 22.9 Å². The fraction of sp³-hybridized carbons (Fsp3) is 0.286. The fourth-order valence-corrected chi connectivity index (χ4v) is 3.33. The van der Waals surface area contributed by atoms with Crippen molar-refractivity contribution in [1.29, 1.82) is 0 Å². The van der Waals surface area contributed by atoms with Crippen LogP contribution in [0.1, 0.15) is 0 Å². The maximum absolute atomic E-state index is 12.6. The van der Waals surface area contributed by atoms with Gasteiger partial charge < -0.3 is 19.0 Å². The maximum Gasteiger partial charge on any atom is 0.344 e. The molecule has 4 rings (SSSR count). The summed E-state index contributed by atoms with van der Waals surface area (Å²) in [7, 11) is 3.76. The van der Waals surface area contributed by atoms with Gasteiger partial charge in [0.1, 0.15) is 11.5 Å². The number of hydrogen-bond acceptors (Lipinski definition) is 5. The van der Waals surface area contributed by atoms with Crippen LogP contribution in [-0.2, 0) is 0 Å². The number of likely N-dealkylation sites (N-methyl/N-ethyl adjacent to an activating group) is 1. The van der Waals surface area contributed by atoms with Crippen LogP contribution in [0.4, 0.5) is 5.69 Å². The molecule has 5 nitrogen and oxygen atoms in total. The summed E-state index contributed by atoms with van der Waals surface area (Å²) in [5.41, 5.74) is 1.63. The molecule has 1 saturated heterocycles. The van der Waals surface area contributed by atoms with Gasteiger partial charge in [0.15, 0.2) is 0 Å². The molecule has 0 bridgehead atoms. The molecule has 0 spiro atoms. The zero-order chi connectivity index (χ0) is 18.1. The molecule has 1 aromatic heterocycles. The predicted octanol–water partition coefficient (Wildman–Crippen LogP) is 3.22. The molecular weight excluding hydrogens is 328 g/mol. The Hall–Kier alpha value is -2.79. The van der Waals surface area contributed by atoms with Crippen LogP contribution in [0.15, 0.2) is 57.7 Å². The van der Waals surface area contributed by atoms with Crippen molar-refractivity contribution in [2.24, 2.45) is 0 Å². The van der Waals surface area contributed by atoms with Crippen molar-refractivity contribution in [3.8, 4) is 17.1 Å². The third kappa shape index (κ3) is 3.18. The highest BCUT2D eigenvalue weighted by molar-refractivity contribution is 5.87. The number of benzene rings is 2. The Kier molecular flexibility index (Phi) is 4.39. The molecule has 0 N–H and O–H groups in total. The van der Waals surface area contributed by atoms with E-state index in [0.29, 0.717) is 11.1 Å². The molecule has 0 atom stereocenters. The fourth-order valence-electron chi connectivity index (χ4n) is 3.33. The number of methoxy groups -OCH3 is 1. The van der Waals surface area contributed by atoms with Crippen molar-refractivity contribution >= 4 is 16.5 Å². The molecule has 3 aromatic rings. The Bertz CT molecular complexity index is 971. The minimum absolute atomic E-state index is 0.302. The lowest BCUT2D eigenvalue weighted by molar-refractivity contribution is 0.313. The molecule has 0 unspecified atom stereocenters. The SMILES string of the molecule is COc1ccc(-c2cc3ccc(N4CCN(C)CC4)cc3c(=O)o2)cc1. The number of nitrogens with zero attached hydrogens (tertiary/aromatic N) is 2. The van der Waals surface area contributed by atoms with Gasteiger partial charge in [-0.2, -0.15) is 0 Å². The molecule has 1 aliphatic heterocycles. The quantitative estimate of drug-likeness (QED) is 0.726. The first-order valence-electron chi connectivity index (χ1n) is 8.80. The van der Waals surface area contributed by atoms with Crippen LogP contribution < -0.4 is 15.3 Å². The first kappa shape index (κ1) is 16.7. The lowest BCUT2D eigenvalue weighted by Gasteiger charge is -2.34. The molecule has 2 aromatic carbocycles. The number of piperazine rings is 1. The van der Waals surface area contributed by atoms with Gasteiger partial charge in [-0.15, -0.1) is 0 Å². The third-order valence-corrected chi connectivity index (χ3v) is 4.99. The Morgan fingerprint density at radius 2 is 1.69 bits per heavy atom. The summed E-state index contributed by atoms with van der Waals surface area (Å²) in [4.78, 5) is 17.2. The van der Waals surface area contributed by atoms with Gasteiger partial charge in [-0.3, -0.25) is 0 Å². The molecule has 0 amide bonds. The van der Waals surface area contributed by atoms with Crippen molar-refractivity contribution in [2.45, 2.75) is 0 Å². The van der Waals surface area contributed by atoms with Crippen LogP contribution >= 0.6 is 0 Å². The second-order valence-corrected chi connectivity index (χ2v) is 6.69. The zero-order valence-corrected chi connectivity index (χ0v) is 15.1.